The van der Waals surface area contributed by atoms with Gasteiger partial charge in [0, 0.05) is 17.6 Å². The fourth-order valence-corrected chi connectivity index (χ4v) is 3.35. The van der Waals surface area contributed by atoms with Crippen LogP contribution in [-0.4, -0.2) is 15.5 Å². The van der Waals surface area contributed by atoms with Crippen LogP contribution < -0.4 is 5.32 Å². The largest absolute Gasteiger partial charge is 0.345 e. The molecule has 1 amide bonds. The summed E-state index contributed by atoms with van der Waals surface area (Å²) in [4.78, 5) is 17.2. The van der Waals surface area contributed by atoms with Crippen molar-refractivity contribution in [2.45, 2.75) is 40.3 Å². The Labute approximate surface area is 154 Å². The molecule has 1 unspecified atom stereocenters. The highest BCUT2D eigenvalue weighted by molar-refractivity contribution is 5.96. The molecule has 3 aromatic rings. The van der Waals surface area contributed by atoms with E-state index < -0.39 is 0 Å². The minimum Gasteiger partial charge on any atom is -0.345 e. The van der Waals surface area contributed by atoms with Crippen LogP contribution in [-0.2, 0) is 6.54 Å². The molecule has 26 heavy (non-hydrogen) atoms. The quantitative estimate of drug-likeness (QED) is 0.746. The van der Waals surface area contributed by atoms with E-state index in [2.05, 4.69) is 33.9 Å². The number of carbonyl (C=O) groups excluding carboxylic acids is 1. The minimum atomic E-state index is -0.0406. The van der Waals surface area contributed by atoms with Gasteiger partial charge >= 0.3 is 0 Å². The molecule has 0 aliphatic carbocycles. The van der Waals surface area contributed by atoms with Crippen LogP contribution in [0.4, 0.5) is 0 Å². The van der Waals surface area contributed by atoms with Gasteiger partial charge in [-0.3, -0.25) is 9.78 Å². The Hall–Kier alpha value is -2.88. The number of aryl methyl sites for hydroxylation is 2. The number of nitrogens with one attached hydrogen (secondary N) is 1. The van der Waals surface area contributed by atoms with Crippen molar-refractivity contribution in [1.29, 1.82) is 0 Å². The van der Waals surface area contributed by atoms with Gasteiger partial charge in [-0.15, -0.1) is 0 Å². The zero-order chi connectivity index (χ0) is 18.7. The lowest BCUT2D eigenvalue weighted by Crippen LogP contribution is -2.27. The average molecular weight is 347 g/mol. The van der Waals surface area contributed by atoms with Crippen molar-refractivity contribution in [3.63, 3.8) is 0 Å². The maximum Gasteiger partial charge on any atom is 0.253 e. The summed E-state index contributed by atoms with van der Waals surface area (Å²) in [5, 5.41) is 3.13. The monoisotopic (exact) mass is 347 g/mol. The first kappa shape index (κ1) is 17.9. The van der Waals surface area contributed by atoms with Crippen LogP contribution in [0.25, 0.3) is 0 Å². The maximum absolute atomic E-state index is 12.8. The SMILES string of the molecule is Cc1ccccc1C(C)NC(=O)c1cc(C)n(Cc2ccccn2)c1C. The lowest BCUT2D eigenvalue weighted by atomic mass is 10.0. The van der Waals surface area contributed by atoms with E-state index in [9.17, 15) is 4.79 Å². The molecule has 0 radical (unpaired) electrons. The molecule has 4 heteroatoms. The number of hydrogen-bond donors (Lipinski definition) is 1. The molecule has 0 spiro atoms. The van der Waals surface area contributed by atoms with Crippen molar-refractivity contribution in [2.24, 2.45) is 0 Å². The van der Waals surface area contributed by atoms with Gasteiger partial charge in [0.2, 0.25) is 0 Å². The number of rotatable bonds is 5. The van der Waals surface area contributed by atoms with Crippen LogP contribution in [0.2, 0.25) is 0 Å². The number of benzene rings is 1. The Morgan fingerprint density at radius 2 is 1.85 bits per heavy atom. The molecular formula is C22H25N3O. The number of hydrogen-bond acceptors (Lipinski definition) is 2. The summed E-state index contributed by atoms with van der Waals surface area (Å²) in [5.74, 6) is -0.0406. The van der Waals surface area contributed by atoms with E-state index in [1.807, 2.05) is 57.2 Å². The smallest absolute Gasteiger partial charge is 0.253 e. The first-order valence-electron chi connectivity index (χ1n) is 8.90. The van der Waals surface area contributed by atoms with Crippen molar-refractivity contribution < 1.29 is 4.79 Å². The molecule has 0 aliphatic rings. The Morgan fingerprint density at radius 3 is 2.54 bits per heavy atom. The van der Waals surface area contributed by atoms with Gasteiger partial charge in [-0.25, -0.2) is 0 Å². The molecule has 1 atom stereocenters. The zero-order valence-corrected chi connectivity index (χ0v) is 15.8. The van der Waals surface area contributed by atoms with E-state index in [1.165, 1.54) is 5.56 Å². The van der Waals surface area contributed by atoms with Crippen LogP contribution in [0, 0.1) is 20.8 Å². The summed E-state index contributed by atoms with van der Waals surface area (Å²) >= 11 is 0. The van der Waals surface area contributed by atoms with Crippen LogP contribution in [0.3, 0.4) is 0 Å². The predicted molar refractivity (Wildman–Crippen MR) is 104 cm³/mol. The Morgan fingerprint density at radius 1 is 1.12 bits per heavy atom. The van der Waals surface area contributed by atoms with E-state index in [4.69, 9.17) is 0 Å². The lowest BCUT2D eigenvalue weighted by Gasteiger charge is -2.16. The van der Waals surface area contributed by atoms with Gasteiger partial charge in [-0.05, 0) is 57.0 Å². The summed E-state index contributed by atoms with van der Waals surface area (Å²) in [6.45, 7) is 8.77. The van der Waals surface area contributed by atoms with Crippen molar-refractivity contribution >= 4 is 5.91 Å². The first-order chi connectivity index (χ1) is 12.5. The third-order valence-electron chi connectivity index (χ3n) is 4.87. The molecule has 0 fully saturated rings. The van der Waals surface area contributed by atoms with E-state index in [0.29, 0.717) is 6.54 Å². The molecular weight excluding hydrogens is 322 g/mol. The normalized spacial score (nSPS) is 12.0. The van der Waals surface area contributed by atoms with Crippen LogP contribution >= 0.6 is 0 Å². The number of amides is 1. The van der Waals surface area contributed by atoms with Crippen LogP contribution in [0.1, 0.15) is 51.5 Å². The van der Waals surface area contributed by atoms with Gasteiger partial charge in [-0.1, -0.05) is 30.3 Å². The van der Waals surface area contributed by atoms with Crippen molar-refractivity contribution in [1.82, 2.24) is 14.9 Å². The summed E-state index contributed by atoms with van der Waals surface area (Å²) < 4.78 is 2.13. The topological polar surface area (TPSA) is 46.9 Å². The summed E-state index contributed by atoms with van der Waals surface area (Å²) in [6.07, 6.45) is 1.79. The molecule has 2 aromatic heterocycles. The fraction of sp³-hybridized carbons (Fsp3) is 0.273. The van der Waals surface area contributed by atoms with Gasteiger partial charge in [0.1, 0.15) is 0 Å². The second kappa shape index (κ2) is 7.56. The zero-order valence-electron chi connectivity index (χ0n) is 15.8. The number of nitrogens with zero attached hydrogens (tertiary/aromatic N) is 2. The number of aromatic nitrogens is 2. The van der Waals surface area contributed by atoms with Crippen molar-refractivity contribution in [3.05, 3.63) is 88.5 Å². The molecule has 0 aliphatic heterocycles. The lowest BCUT2D eigenvalue weighted by molar-refractivity contribution is 0.0939. The molecule has 1 aromatic carbocycles. The van der Waals surface area contributed by atoms with E-state index in [1.54, 1.807) is 6.20 Å². The van der Waals surface area contributed by atoms with E-state index >= 15 is 0 Å². The molecule has 2 heterocycles. The molecule has 3 rings (SSSR count). The second-order valence-corrected chi connectivity index (χ2v) is 6.74. The number of pyridine rings is 1. The van der Waals surface area contributed by atoms with Gasteiger partial charge < -0.3 is 9.88 Å². The molecule has 134 valence electrons. The Balaban J connectivity index is 1.80. The highest BCUT2D eigenvalue weighted by atomic mass is 16.1. The predicted octanol–water partition coefficient (Wildman–Crippen LogP) is 4.35. The summed E-state index contributed by atoms with van der Waals surface area (Å²) in [6, 6.07) is 15.9. The average Bonchev–Trinajstić information content (AvgIpc) is 2.91. The highest BCUT2D eigenvalue weighted by Gasteiger charge is 2.18. The maximum atomic E-state index is 12.8. The van der Waals surface area contributed by atoms with Crippen molar-refractivity contribution in [3.8, 4) is 0 Å². The van der Waals surface area contributed by atoms with E-state index in [-0.39, 0.29) is 11.9 Å². The molecule has 1 N–H and O–H groups in total. The molecule has 4 nitrogen and oxygen atoms in total. The fourth-order valence-electron chi connectivity index (χ4n) is 3.35. The van der Waals surface area contributed by atoms with Gasteiger partial charge in [-0.2, -0.15) is 0 Å². The van der Waals surface area contributed by atoms with Gasteiger partial charge in [0.05, 0.1) is 23.8 Å². The standard InChI is InChI=1S/C22H25N3O/c1-15-9-5-6-11-20(15)17(3)24-22(26)21-13-16(2)25(18(21)4)14-19-10-7-8-12-23-19/h5-13,17H,14H2,1-4H3,(H,24,26). The highest BCUT2D eigenvalue weighted by Crippen LogP contribution is 2.20. The number of carbonyl (C=O) groups is 1. The minimum absolute atomic E-state index is 0.0393. The van der Waals surface area contributed by atoms with Crippen LogP contribution in [0.15, 0.2) is 54.7 Å². The van der Waals surface area contributed by atoms with Crippen molar-refractivity contribution in [2.75, 3.05) is 0 Å². The Bertz CT molecular complexity index is 912. The third kappa shape index (κ3) is 3.69. The first-order valence-corrected chi connectivity index (χ1v) is 8.90. The van der Waals surface area contributed by atoms with E-state index in [0.717, 1.165) is 28.2 Å². The Kier molecular flexibility index (Phi) is 5.21. The van der Waals surface area contributed by atoms with Crippen LogP contribution in [0.5, 0.6) is 0 Å². The van der Waals surface area contributed by atoms with Gasteiger partial charge in [0.15, 0.2) is 0 Å². The third-order valence-corrected chi connectivity index (χ3v) is 4.87. The summed E-state index contributed by atoms with van der Waals surface area (Å²) in [7, 11) is 0. The second-order valence-electron chi connectivity index (χ2n) is 6.74. The molecule has 0 saturated carbocycles. The molecule has 0 saturated heterocycles. The summed E-state index contributed by atoms with van der Waals surface area (Å²) in [5.41, 5.74) is 6.04. The van der Waals surface area contributed by atoms with Gasteiger partial charge in [0.25, 0.3) is 5.91 Å². The molecule has 0 bridgehead atoms.